The molecule has 1 fully saturated rings. The maximum Gasteiger partial charge on any atom is 0.0991 e. The molecule has 0 amide bonds. The third-order valence-electron chi connectivity index (χ3n) is 2.34. The quantitative estimate of drug-likeness (QED) is 0.529. The summed E-state index contributed by atoms with van der Waals surface area (Å²) in [4.78, 5) is 0. The number of nitrogens with one attached hydrogen (secondary N) is 1. The molecular weight excluding hydrogens is 170 g/mol. The highest BCUT2D eigenvalue weighted by atomic mass is 32.4. The number of rotatable bonds is 4. The summed E-state index contributed by atoms with van der Waals surface area (Å²) >= 11 is 2.07. The first-order chi connectivity index (χ1) is 5.43. The van der Waals surface area contributed by atoms with E-state index < -0.39 is 0 Å². The van der Waals surface area contributed by atoms with Gasteiger partial charge in [-0.05, 0) is 25.3 Å². The van der Waals surface area contributed by atoms with Crippen LogP contribution in [0.4, 0.5) is 0 Å². The normalized spacial score (nSPS) is 21.5. The fourth-order valence-electron chi connectivity index (χ4n) is 1.67. The molecule has 0 aliphatic heterocycles. The van der Waals surface area contributed by atoms with Crippen LogP contribution in [0.3, 0.4) is 0 Å². The average molecular weight is 189 g/mol. The Bertz CT molecular complexity index is 94.1. The lowest BCUT2D eigenvalue weighted by Gasteiger charge is -2.22. The third kappa shape index (κ3) is 4.18. The Kier molecular flexibility index (Phi) is 5.32. The SMILES string of the molecule is CS[SiH2]CNC1CCCCC1. The third-order valence-corrected chi connectivity index (χ3v) is 5.08. The Morgan fingerprint density at radius 3 is 2.73 bits per heavy atom. The molecule has 0 spiro atoms. The monoisotopic (exact) mass is 189 g/mol. The van der Waals surface area contributed by atoms with Gasteiger partial charge in [-0.2, -0.15) is 11.2 Å². The van der Waals surface area contributed by atoms with E-state index in [4.69, 9.17) is 0 Å². The lowest BCUT2D eigenvalue weighted by atomic mass is 9.96. The van der Waals surface area contributed by atoms with Gasteiger partial charge < -0.3 is 5.32 Å². The molecule has 1 rings (SSSR count). The summed E-state index contributed by atoms with van der Waals surface area (Å²) in [6, 6.07) is 0.878. The van der Waals surface area contributed by atoms with Crippen molar-refractivity contribution >= 4 is 19.9 Å². The maximum absolute atomic E-state index is 3.66. The van der Waals surface area contributed by atoms with E-state index in [1.165, 1.54) is 38.3 Å². The smallest absolute Gasteiger partial charge is 0.0991 e. The van der Waals surface area contributed by atoms with Crippen LogP contribution < -0.4 is 5.32 Å². The van der Waals surface area contributed by atoms with E-state index in [0.717, 1.165) is 6.04 Å². The second-order valence-corrected chi connectivity index (χ2v) is 7.72. The molecule has 66 valence electrons. The van der Waals surface area contributed by atoms with Crippen LogP contribution in [-0.2, 0) is 0 Å². The summed E-state index contributed by atoms with van der Waals surface area (Å²) in [7, 11) is 0.182. The zero-order chi connectivity index (χ0) is 7.94. The average Bonchev–Trinajstić information content (AvgIpc) is 2.07. The molecule has 1 aliphatic carbocycles. The zero-order valence-corrected chi connectivity index (χ0v) is 9.67. The van der Waals surface area contributed by atoms with Gasteiger partial charge in [-0.1, -0.05) is 19.3 Å². The fourth-order valence-corrected chi connectivity index (χ4v) is 3.37. The van der Waals surface area contributed by atoms with Crippen molar-refractivity contribution in [3.05, 3.63) is 0 Å². The molecule has 0 aromatic carbocycles. The molecule has 0 atom stereocenters. The summed E-state index contributed by atoms with van der Waals surface area (Å²) in [5, 5.41) is 3.66. The summed E-state index contributed by atoms with van der Waals surface area (Å²) in [5.74, 6) is 0. The molecule has 0 aromatic heterocycles. The van der Waals surface area contributed by atoms with Crippen molar-refractivity contribution in [1.29, 1.82) is 0 Å². The van der Waals surface area contributed by atoms with Crippen LogP contribution in [0, 0.1) is 0 Å². The molecule has 0 unspecified atom stereocenters. The second kappa shape index (κ2) is 6.09. The molecule has 1 N–H and O–H groups in total. The van der Waals surface area contributed by atoms with Gasteiger partial charge in [-0.25, -0.2) is 0 Å². The predicted octanol–water partition coefficient (Wildman–Crippen LogP) is 1.31. The molecule has 1 saturated carbocycles. The molecule has 0 bridgehead atoms. The molecule has 0 saturated heterocycles. The van der Waals surface area contributed by atoms with E-state index >= 15 is 0 Å². The number of hydrogen-bond donors (Lipinski definition) is 1. The van der Waals surface area contributed by atoms with Crippen LogP contribution in [0.5, 0.6) is 0 Å². The molecule has 11 heavy (non-hydrogen) atoms. The summed E-state index contributed by atoms with van der Waals surface area (Å²) in [5.41, 5.74) is 0. The highest BCUT2D eigenvalue weighted by Gasteiger charge is 2.11. The molecular formula is C8H19NSSi. The van der Waals surface area contributed by atoms with E-state index in [1.54, 1.807) is 0 Å². The van der Waals surface area contributed by atoms with Gasteiger partial charge in [-0.15, -0.1) is 0 Å². The summed E-state index contributed by atoms with van der Waals surface area (Å²) in [6.45, 7) is 0. The Hall–Kier alpha value is 0.527. The van der Waals surface area contributed by atoms with E-state index in [9.17, 15) is 0 Å². The predicted molar refractivity (Wildman–Crippen MR) is 56.9 cm³/mol. The highest BCUT2D eigenvalue weighted by molar-refractivity contribution is 8.21. The standard InChI is InChI=1S/C8H19NSSi/c1-10-11-7-9-8-5-3-2-4-6-8/h8-9H,2-7,11H2,1H3. The first-order valence-electron chi connectivity index (χ1n) is 4.66. The molecule has 3 heteroatoms. The Morgan fingerprint density at radius 1 is 1.36 bits per heavy atom. The fraction of sp³-hybridized carbons (Fsp3) is 1.00. The van der Waals surface area contributed by atoms with Crippen molar-refractivity contribution in [1.82, 2.24) is 5.32 Å². The lowest BCUT2D eigenvalue weighted by molar-refractivity contribution is 0.389. The second-order valence-electron chi connectivity index (χ2n) is 3.28. The Labute approximate surface area is 76.2 Å². The molecule has 0 aromatic rings. The van der Waals surface area contributed by atoms with Crippen LogP contribution in [0.1, 0.15) is 32.1 Å². The van der Waals surface area contributed by atoms with Crippen molar-refractivity contribution in [2.45, 2.75) is 38.1 Å². The maximum atomic E-state index is 3.66. The van der Waals surface area contributed by atoms with Crippen molar-refractivity contribution < 1.29 is 0 Å². The van der Waals surface area contributed by atoms with Crippen molar-refractivity contribution in [2.24, 2.45) is 0 Å². The molecule has 1 aliphatic rings. The lowest BCUT2D eigenvalue weighted by Crippen LogP contribution is -2.33. The van der Waals surface area contributed by atoms with Gasteiger partial charge in [0, 0.05) is 6.04 Å². The minimum absolute atomic E-state index is 0.182. The van der Waals surface area contributed by atoms with E-state index in [1.807, 2.05) is 0 Å². The first kappa shape index (κ1) is 9.61. The van der Waals surface area contributed by atoms with Gasteiger partial charge in [0.15, 0.2) is 0 Å². The Morgan fingerprint density at radius 2 is 2.09 bits per heavy atom. The van der Waals surface area contributed by atoms with Gasteiger partial charge >= 0.3 is 0 Å². The largest absolute Gasteiger partial charge is 0.316 e. The molecule has 0 radical (unpaired) electrons. The van der Waals surface area contributed by atoms with Gasteiger partial charge in [0.25, 0.3) is 0 Å². The van der Waals surface area contributed by atoms with Crippen LogP contribution in [0.2, 0.25) is 0 Å². The first-order valence-corrected chi connectivity index (χ1v) is 8.78. The van der Waals surface area contributed by atoms with E-state index in [2.05, 4.69) is 22.8 Å². The van der Waals surface area contributed by atoms with Crippen LogP contribution in [0.25, 0.3) is 0 Å². The van der Waals surface area contributed by atoms with Crippen LogP contribution in [-0.4, -0.2) is 27.1 Å². The minimum Gasteiger partial charge on any atom is -0.316 e. The number of hydrogen-bond acceptors (Lipinski definition) is 2. The Balaban J connectivity index is 1.96. The van der Waals surface area contributed by atoms with Crippen molar-refractivity contribution in [3.63, 3.8) is 0 Å². The van der Waals surface area contributed by atoms with Gasteiger partial charge in [0.1, 0.15) is 0 Å². The highest BCUT2D eigenvalue weighted by Crippen LogP contribution is 2.16. The van der Waals surface area contributed by atoms with Crippen molar-refractivity contribution in [2.75, 3.05) is 12.4 Å². The molecule has 1 nitrogen and oxygen atoms in total. The topological polar surface area (TPSA) is 12.0 Å². The van der Waals surface area contributed by atoms with E-state index in [0.29, 0.717) is 0 Å². The van der Waals surface area contributed by atoms with Gasteiger partial charge in [0.2, 0.25) is 0 Å². The van der Waals surface area contributed by atoms with Crippen LogP contribution >= 0.6 is 11.2 Å². The van der Waals surface area contributed by atoms with E-state index in [-0.39, 0.29) is 8.67 Å². The minimum atomic E-state index is 0.182. The summed E-state index contributed by atoms with van der Waals surface area (Å²) < 4.78 is 0. The molecule has 0 heterocycles. The van der Waals surface area contributed by atoms with Gasteiger partial charge in [0.05, 0.1) is 8.67 Å². The zero-order valence-electron chi connectivity index (χ0n) is 7.44. The summed E-state index contributed by atoms with van der Waals surface area (Å²) in [6.07, 6.45) is 10.8. The van der Waals surface area contributed by atoms with Gasteiger partial charge in [-0.3, -0.25) is 0 Å². The van der Waals surface area contributed by atoms with Crippen LogP contribution in [0.15, 0.2) is 0 Å². The van der Waals surface area contributed by atoms with Crippen molar-refractivity contribution in [3.8, 4) is 0 Å².